The van der Waals surface area contributed by atoms with Crippen molar-refractivity contribution < 1.29 is 58.3 Å². The Bertz CT molecular complexity index is 1010. The van der Waals surface area contributed by atoms with Crippen LogP contribution in [0.2, 0.25) is 0 Å². The number of phosphoric acid groups is 1. The van der Waals surface area contributed by atoms with Gasteiger partial charge in [-0.15, -0.1) is 0 Å². The first-order valence-electron chi connectivity index (χ1n) is 21.7. The number of esters is 1. The molecule has 1 rings (SSSR count). The zero-order chi connectivity index (χ0) is 40.6. The van der Waals surface area contributed by atoms with Crippen molar-refractivity contribution in [2.75, 3.05) is 19.8 Å². The average molecular weight is 807 g/mol. The smallest absolute Gasteiger partial charge is 0.457 e. The molecule has 1 saturated carbocycles. The molecule has 324 valence electrons. The Morgan fingerprint density at radius 2 is 1.02 bits per heavy atom. The van der Waals surface area contributed by atoms with E-state index in [1.807, 2.05) is 0 Å². The Kier molecular flexibility index (Phi) is 31.8. The van der Waals surface area contributed by atoms with Gasteiger partial charge in [-0.3, -0.25) is 13.8 Å². The molecule has 13 heteroatoms. The fraction of sp³-hybridized carbons (Fsp3) is 0.881. The van der Waals surface area contributed by atoms with Crippen molar-refractivity contribution in [2.45, 2.75) is 217 Å². The van der Waals surface area contributed by atoms with E-state index in [1.54, 1.807) is 0 Å². The monoisotopic (exact) mass is 807 g/mol. The Labute approximate surface area is 332 Å². The topological polar surface area (TPSA) is 192 Å². The van der Waals surface area contributed by atoms with E-state index in [0.717, 1.165) is 64.2 Å². The van der Waals surface area contributed by atoms with Gasteiger partial charge in [0.15, 0.2) is 0 Å². The predicted molar refractivity (Wildman–Crippen MR) is 216 cm³/mol. The second-order valence-corrected chi connectivity index (χ2v) is 16.6. The van der Waals surface area contributed by atoms with Crippen molar-refractivity contribution in [3.63, 3.8) is 0 Å². The number of aliphatic hydroxyl groups is 5. The van der Waals surface area contributed by atoms with Gasteiger partial charge < -0.3 is 39.9 Å². The average Bonchev–Trinajstić information content (AvgIpc) is 3.17. The maximum absolute atomic E-state index is 12.8. The number of rotatable bonds is 36. The fourth-order valence-electron chi connectivity index (χ4n) is 6.56. The lowest BCUT2D eigenvalue weighted by Gasteiger charge is -2.41. The molecule has 0 spiro atoms. The number of hydrogen-bond acceptors (Lipinski definition) is 11. The fourth-order valence-corrected chi connectivity index (χ4v) is 7.53. The lowest BCUT2D eigenvalue weighted by Crippen LogP contribution is -2.64. The first-order chi connectivity index (χ1) is 26.5. The number of carbonyl (C=O) groups is 1. The maximum Gasteiger partial charge on any atom is 0.472 e. The molecule has 0 saturated heterocycles. The minimum atomic E-state index is -5.01. The van der Waals surface area contributed by atoms with Crippen molar-refractivity contribution in [3.8, 4) is 0 Å². The van der Waals surface area contributed by atoms with E-state index in [4.69, 9.17) is 18.5 Å². The van der Waals surface area contributed by atoms with Crippen LogP contribution in [0.25, 0.3) is 0 Å². The van der Waals surface area contributed by atoms with E-state index >= 15 is 0 Å². The van der Waals surface area contributed by atoms with Gasteiger partial charge in [0.25, 0.3) is 0 Å². The largest absolute Gasteiger partial charge is 0.472 e. The molecule has 12 nitrogen and oxygen atoms in total. The van der Waals surface area contributed by atoms with Crippen LogP contribution in [0.1, 0.15) is 174 Å². The molecule has 55 heavy (non-hydrogen) atoms. The minimum Gasteiger partial charge on any atom is -0.457 e. The summed E-state index contributed by atoms with van der Waals surface area (Å²) in [7, 11) is -5.01. The number of allylic oxidation sites excluding steroid dienone is 4. The highest BCUT2D eigenvalue weighted by Gasteiger charge is 2.51. The first kappa shape index (κ1) is 51.8. The molecule has 1 aliphatic carbocycles. The predicted octanol–water partition coefficient (Wildman–Crippen LogP) is 8.14. The van der Waals surface area contributed by atoms with Crippen LogP contribution in [0, 0.1) is 0 Å². The van der Waals surface area contributed by atoms with Gasteiger partial charge in [0.2, 0.25) is 0 Å². The second kappa shape index (κ2) is 33.8. The molecule has 0 heterocycles. The van der Waals surface area contributed by atoms with Gasteiger partial charge in [-0.1, -0.05) is 147 Å². The lowest BCUT2D eigenvalue weighted by molar-refractivity contribution is -0.220. The van der Waals surface area contributed by atoms with Gasteiger partial charge in [0.1, 0.15) is 42.7 Å². The molecule has 0 aromatic carbocycles. The van der Waals surface area contributed by atoms with Crippen LogP contribution in [0.5, 0.6) is 0 Å². The standard InChI is InChI=1S/C42H79O12P/c1-3-5-7-9-11-13-15-17-18-19-21-23-25-27-29-31-36(43)53-35(33-51-32-30-28-26-24-22-20-16-14-12-10-8-6-4-2)34-52-55(49,50)54-42-40(47)38(45)37(44)39(46)41(42)48/h11,13,17-18,35,37-42,44-48H,3-10,12,14-16,19-34H2,1-2H3,(H,49,50)/b13-11-,18-17-. The summed E-state index contributed by atoms with van der Waals surface area (Å²) in [6.07, 6.45) is 23.9. The highest BCUT2D eigenvalue weighted by molar-refractivity contribution is 7.47. The summed E-state index contributed by atoms with van der Waals surface area (Å²) in [5.41, 5.74) is 0. The zero-order valence-electron chi connectivity index (χ0n) is 34.2. The van der Waals surface area contributed by atoms with Crippen LogP contribution in [0.3, 0.4) is 0 Å². The summed E-state index contributed by atoms with van der Waals surface area (Å²) in [5.74, 6) is -0.490. The molecular weight excluding hydrogens is 727 g/mol. The van der Waals surface area contributed by atoms with Gasteiger partial charge in [-0.2, -0.15) is 0 Å². The first-order valence-corrected chi connectivity index (χ1v) is 23.2. The quantitative estimate of drug-likeness (QED) is 0.0154. The van der Waals surface area contributed by atoms with E-state index in [-0.39, 0.29) is 13.0 Å². The highest BCUT2D eigenvalue weighted by atomic mass is 31.2. The van der Waals surface area contributed by atoms with E-state index < -0.39 is 63.1 Å². The summed E-state index contributed by atoms with van der Waals surface area (Å²) >= 11 is 0. The van der Waals surface area contributed by atoms with Crippen LogP contribution in [-0.2, 0) is 27.9 Å². The Hall–Kier alpha value is -1.18. The van der Waals surface area contributed by atoms with E-state index in [9.17, 15) is 39.8 Å². The van der Waals surface area contributed by atoms with Crippen molar-refractivity contribution in [2.24, 2.45) is 0 Å². The van der Waals surface area contributed by atoms with Gasteiger partial charge in [-0.05, 0) is 44.9 Å². The van der Waals surface area contributed by atoms with Crippen molar-refractivity contribution in [3.05, 3.63) is 24.3 Å². The van der Waals surface area contributed by atoms with Crippen molar-refractivity contribution >= 4 is 13.8 Å². The third-order valence-corrected chi connectivity index (χ3v) is 11.1. The molecule has 0 aromatic rings. The van der Waals surface area contributed by atoms with Crippen LogP contribution >= 0.6 is 7.82 Å². The van der Waals surface area contributed by atoms with E-state index in [2.05, 4.69) is 38.2 Å². The second-order valence-electron chi connectivity index (χ2n) is 15.2. The Morgan fingerprint density at radius 1 is 0.582 bits per heavy atom. The van der Waals surface area contributed by atoms with Gasteiger partial charge in [0.05, 0.1) is 13.2 Å². The zero-order valence-corrected chi connectivity index (χ0v) is 35.1. The number of hydrogen-bond donors (Lipinski definition) is 6. The van der Waals surface area contributed by atoms with Crippen LogP contribution in [-0.4, -0.2) is 98.9 Å². The van der Waals surface area contributed by atoms with Crippen LogP contribution < -0.4 is 0 Å². The number of unbranched alkanes of at least 4 members (excludes halogenated alkanes) is 20. The molecule has 0 aromatic heterocycles. The number of aliphatic hydroxyl groups excluding tert-OH is 5. The summed E-state index contributed by atoms with van der Waals surface area (Å²) in [5, 5.41) is 50.1. The van der Waals surface area contributed by atoms with Crippen LogP contribution in [0.15, 0.2) is 24.3 Å². The molecule has 6 N–H and O–H groups in total. The summed E-state index contributed by atoms with van der Waals surface area (Å²) in [6.45, 7) is 4.21. The summed E-state index contributed by atoms with van der Waals surface area (Å²) in [4.78, 5) is 23.1. The Morgan fingerprint density at radius 3 is 1.56 bits per heavy atom. The SMILES string of the molecule is CCCCC/C=C\C/C=C\CCCCCCCC(=O)OC(COCCCCCCCCCCCCCCC)COP(=O)(O)OC1C(O)C(O)C(O)C(O)C1O. The normalized spacial score (nSPS) is 23.4. The number of ether oxygens (including phenoxy) is 2. The minimum absolute atomic E-state index is 0.0789. The van der Waals surface area contributed by atoms with Crippen molar-refractivity contribution in [1.29, 1.82) is 0 Å². The molecule has 1 fully saturated rings. The molecule has 6 atom stereocenters. The third kappa shape index (κ3) is 26.4. The molecule has 0 amide bonds. The number of phosphoric ester groups is 1. The highest BCUT2D eigenvalue weighted by Crippen LogP contribution is 2.47. The molecule has 0 bridgehead atoms. The van der Waals surface area contributed by atoms with Gasteiger partial charge in [-0.25, -0.2) is 4.57 Å². The lowest BCUT2D eigenvalue weighted by atomic mass is 9.85. The third-order valence-electron chi connectivity index (χ3n) is 10.1. The van der Waals surface area contributed by atoms with Crippen molar-refractivity contribution in [1.82, 2.24) is 0 Å². The van der Waals surface area contributed by atoms with E-state index in [0.29, 0.717) is 13.0 Å². The molecule has 6 unspecified atom stereocenters. The van der Waals surface area contributed by atoms with Gasteiger partial charge in [0, 0.05) is 13.0 Å². The summed E-state index contributed by atoms with van der Waals surface area (Å²) in [6, 6.07) is 0. The van der Waals surface area contributed by atoms with E-state index in [1.165, 1.54) is 83.5 Å². The number of carbonyl (C=O) groups excluding carboxylic acids is 1. The van der Waals surface area contributed by atoms with Crippen LogP contribution in [0.4, 0.5) is 0 Å². The maximum atomic E-state index is 12.8. The van der Waals surface area contributed by atoms with Gasteiger partial charge >= 0.3 is 13.8 Å². The molecule has 1 aliphatic rings. The molecular formula is C42H79O12P. The summed E-state index contributed by atoms with van der Waals surface area (Å²) < 4.78 is 34.1. The molecule has 0 radical (unpaired) electrons. The molecule has 0 aliphatic heterocycles. The Balaban J connectivity index is 2.44.